The van der Waals surface area contributed by atoms with E-state index in [9.17, 15) is 8.42 Å². The van der Waals surface area contributed by atoms with Gasteiger partial charge >= 0.3 is 0 Å². The summed E-state index contributed by atoms with van der Waals surface area (Å²) in [5.41, 5.74) is 0.896. The largest absolute Gasteiger partial charge is 0.378 e. The normalized spacial score (nSPS) is 23.4. The third-order valence-electron chi connectivity index (χ3n) is 4.58. The number of rotatable bonds is 5. The molecule has 7 nitrogen and oxygen atoms in total. The number of hydrogen-bond acceptors (Lipinski definition) is 5. The van der Waals surface area contributed by atoms with Crippen LogP contribution < -0.4 is 9.62 Å². The van der Waals surface area contributed by atoms with Crippen molar-refractivity contribution in [2.24, 2.45) is 5.92 Å². The van der Waals surface area contributed by atoms with Crippen LogP contribution in [0.5, 0.6) is 0 Å². The lowest BCUT2D eigenvalue weighted by molar-refractivity contribution is 0.122. The van der Waals surface area contributed by atoms with Crippen LogP contribution in [0.1, 0.15) is 25.3 Å². The first-order valence-corrected chi connectivity index (χ1v) is 10.0. The fraction of sp³-hybridized carbons (Fsp3) is 0.688. The van der Waals surface area contributed by atoms with E-state index in [0.717, 1.165) is 37.3 Å². The van der Waals surface area contributed by atoms with Gasteiger partial charge in [-0.2, -0.15) is 17.4 Å². The minimum atomic E-state index is -3.45. The van der Waals surface area contributed by atoms with Crippen LogP contribution in [0.15, 0.2) is 18.3 Å². The van der Waals surface area contributed by atoms with Gasteiger partial charge in [-0.25, -0.2) is 4.98 Å². The molecule has 0 bridgehead atoms. The van der Waals surface area contributed by atoms with E-state index in [0.29, 0.717) is 32.2 Å². The van der Waals surface area contributed by atoms with Crippen molar-refractivity contribution in [2.75, 3.05) is 44.3 Å². The Morgan fingerprint density at radius 1 is 1.33 bits per heavy atom. The van der Waals surface area contributed by atoms with Crippen LogP contribution in [0.3, 0.4) is 0 Å². The number of pyridine rings is 1. The van der Waals surface area contributed by atoms with E-state index in [4.69, 9.17) is 4.74 Å². The van der Waals surface area contributed by atoms with E-state index in [1.807, 2.05) is 12.1 Å². The lowest BCUT2D eigenvalue weighted by Gasteiger charge is -2.31. The van der Waals surface area contributed by atoms with Gasteiger partial charge < -0.3 is 9.64 Å². The summed E-state index contributed by atoms with van der Waals surface area (Å²) in [7, 11) is -3.45. The Bertz CT molecular complexity index is 646. The number of nitrogens with zero attached hydrogens (tertiary/aromatic N) is 3. The van der Waals surface area contributed by atoms with Crippen molar-refractivity contribution in [2.45, 2.75) is 26.3 Å². The SMILES string of the molecule is CC1CCCN(S(=O)(=O)NCc2cccnc2N2CCOCC2)C1. The molecule has 134 valence electrons. The van der Waals surface area contributed by atoms with Gasteiger partial charge in [-0.15, -0.1) is 0 Å². The quantitative estimate of drug-likeness (QED) is 0.853. The van der Waals surface area contributed by atoms with Gasteiger partial charge in [0.15, 0.2) is 0 Å². The number of nitrogens with one attached hydrogen (secondary N) is 1. The molecule has 8 heteroatoms. The second kappa shape index (κ2) is 7.77. The Labute approximate surface area is 144 Å². The number of ether oxygens (including phenoxy) is 1. The van der Waals surface area contributed by atoms with Gasteiger partial charge in [0, 0.05) is 44.5 Å². The highest BCUT2D eigenvalue weighted by atomic mass is 32.2. The molecular formula is C16H26N4O3S. The summed E-state index contributed by atoms with van der Waals surface area (Å²) in [4.78, 5) is 6.60. The molecule has 1 unspecified atom stereocenters. The second-order valence-electron chi connectivity index (χ2n) is 6.52. The predicted molar refractivity (Wildman–Crippen MR) is 93.0 cm³/mol. The molecule has 2 aliphatic rings. The van der Waals surface area contributed by atoms with Gasteiger partial charge in [0.05, 0.1) is 13.2 Å². The molecule has 0 aliphatic carbocycles. The Hall–Kier alpha value is -1.22. The van der Waals surface area contributed by atoms with Crippen molar-refractivity contribution in [3.63, 3.8) is 0 Å². The number of piperidine rings is 1. The van der Waals surface area contributed by atoms with Crippen molar-refractivity contribution < 1.29 is 13.2 Å². The lowest BCUT2D eigenvalue weighted by Crippen LogP contribution is -2.45. The Morgan fingerprint density at radius 3 is 2.88 bits per heavy atom. The van der Waals surface area contributed by atoms with Gasteiger partial charge in [0.25, 0.3) is 10.2 Å². The number of hydrogen-bond donors (Lipinski definition) is 1. The van der Waals surface area contributed by atoms with Crippen LogP contribution in [0.4, 0.5) is 5.82 Å². The summed E-state index contributed by atoms with van der Waals surface area (Å²) in [5.74, 6) is 1.26. The Balaban J connectivity index is 1.67. The van der Waals surface area contributed by atoms with Crippen LogP contribution in [0.25, 0.3) is 0 Å². The molecule has 1 N–H and O–H groups in total. The average molecular weight is 354 g/mol. The van der Waals surface area contributed by atoms with Gasteiger partial charge in [-0.1, -0.05) is 13.0 Å². The van der Waals surface area contributed by atoms with Crippen LogP contribution in [0, 0.1) is 5.92 Å². The summed E-state index contributed by atoms with van der Waals surface area (Å²) in [6.07, 6.45) is 3.76. The molecule has 0 amide bonds. The highest BCUT2D eigenvalue weighted by Gasteiger charge is 2.27. The number of morpholine rings is 1. The molecule has 3 rings (SSSR count). The zero-order valence-electron chi connectivity index (χ0n) is 14.1. The highest BCUT2D eigenvalue weighted by Crippen LogP contribution is 2.20. The molecule has 1 atom stereocenters. The molecule has 1 aromatic heterocycles. The van der Waals surface area contributed by atoms with E-state index in [1.54, 1.807) is 10.5 Å². The van der Waals surface area contributed by atoms with E-state index < -0.39 is 10.2 Å². The van der Waals surface area contributed by atoms with Crippen molar-refractivity contribution in [3.05, 3.63) is 23.9 Å². The molecule has 0 radical (unpaired) electrons. The minimum absolute atomic E-state index is 0.258. The van der Waals surface area contributed by atoms with Crippen LogP contribution in [-0.4, -0.2) is 57.1 Å². The van der Waals surface area contributed by atoms with Crippen molar-refractivity contribution >= 4 is 16.0 Å². The zero-order chi connectivity index (χ0) is 17.0. The molecule has 2 aliphatic heterocycles. The number of anilines is 1. The van der Waals surface area contributed by atoms with Crippen LogP contribution >= 0.6 is 0 Å². The van der Waals surface area contributed by atoms with Gasteiger partial charge in [0.2, 0.25) is 0 Å². The molecule has 0 spiro atoms. The monoisotopic (exact) mass is 354 g/mol. The van der Waals surface area contributed by atoms with E-state index in [-0.39, 0.29) is 6.54 Å². The molecule has 3 heterocycles. The second-order valence-corrected chi connectivity index (χ2v) is 8.27. The maximum atomic E-state index is 12.6. The molecule has 2 fully saturated rings. The van der Waals surface area contributed by atoms with Crippen LogP contribution in [-0.2, 0) is 21.5 Å². The highest BCUT2D eigenvalue weighted by molar-refractivity contribution is 7.87. The fourth-order valence-electron chi connectivity index (χ4n) is 3.25. The van der Waals surface area contributed by atoms with Crippen LogP contribution in [0.2, 0.25) is 0 Å². The molecule has 24 heavy (non-hydrogen) atoms. The van der Waals surface area contributed by atoms with E-state index >= 15 is 0 Å². The lowest BCUT2D eigenvalue weighted by atomic mass is 10.0. The molecular weight excluding hydrogens is 328 g/mol. The average Bonchev–Trinajstić information content (AvgIpc) is 2.61. The summed E-state index contributed by atoms with van der Waals surface area (Å²) < 4.78 is 34.8. The van der Waals surface area contributed by atoms with Crippen molar-refractivity contribution in [1.82, 2.24) is 14.0 Å². The summed E-state index contributed by atoms with van der Waals surface area (Å²) in [6, 6.07) is 3.77. The summed E-state index contributed by atoms with van der Waals surface area (Å²) in [6.45, 7) is 6.45. The topological polar surface area (TPSA) is 74.8 Å². The standard InChI is InChI=1S/C16H26N4O3S/c1-14-4-3-7-20(13-14)24(21,22)18-12-15-5-2-6-17-16(15)19-8-10-23-11-9-19/h2,5-6,14,18H,3-4,7-13H2,1H3. The van der Waals surface area contributed by atoms with Gasteiger partial charge in [-0.3, -0.25) is 0 Å². The van der Waals surface area contributed by atoms with E-state index in [2.05, 4.69) is 21.5 Å². The first-order chi connectivity index (χ1) is 11.6. The first-order valence-electron chi connectivity index (χ1n) is 8.57. The van der Waals surface area contributed by atoms with Crippen molar-refractivity contribution in [3.8, 4) is 0 Å². The Morgan fingerprint density at radius 2 is 2.12 bits per heavy atom. The third-order valence-corrected chi connectivity index (χ3v) is 6.10. The van der Waals surface area contributed by atoms with Gasteiger partial charge in [-0.05, 0) is 24.8 Å². The smallest absolute Gasteiger partial charge is 0.279 e. The number of aromatic nitrogens is 1. The van der Waals surface area contributed by atoms with E-state index in [1.165, 1.54) is 0 Å². The molecule has 2 saturated heterocycles. The predicted octanol–water partition coefficient (Wildman–Crippen LogP) is 0.984. The maximum absolute atomic E-state index is 12.6. The first kappa shape index (κ1) is 17.6. The molecule has 0 aromatic carbocycles. The molecule has 1 aromatic rings. The Kier molecular flexibility index (Phi) is 5.70. The summed E-state index contributed by atoms with van der Waals surface area (Å²) in [5, 5.41) is 0. The molecule has 0 saturated carbocycles. The summed E-state index contributed by atoms with van der Waals surface area (Å²) >= 11 is 0. The van der Waals surface area contributed by atoms with Crippen molar-refractivity contribution in [1.29, 1.82) is 0 Å². The maximum Gasteiger partial charge on any atom is 0.279 e. The minimum Gasteiger partial charge on any atom is -0.378 e. The van der Waals surface area contributed by atoms with Gasteiger partial charge in [0.1, 0.15) is 5.82 Å². The fourth-order valence-corrected chi connectivity index (χ4v) is 4.59. The zero-order valence-corrected chi connectivity index (χ0v) is 15.0. The third kappa shape index (κ3) is 4.24.